The third-order valence-corrected chi connectivity index (χ3v) is 3.69. The summed E-state index contributed by atoms with van der Waals surface area (Å²) in [4.78, 5) is 12.0. The van der Waals surface area contributed by atoms with Crippen LogP contribution in [0, 0.1) is 5.92 Å². The first-order valence-electron chi connectivity index (χ1n) is 8.07. The maximum absolute atomic E-state index is 12.0. The zero-order chi connectivity index (χ0) is 17.5. The van der Waals surface area contributed by atoms with Gasteiger partial charge in [-0.15, -0.1) is 0 Å². The number of carbonyl (C=O) groups is 1. The molecular formula is C19H24N2O3. The van der Waals surface area contributed by atoms with Gasteiger partial charge in [-0.05, 0) is 62.4 Å². The first-order chi connectivity index (χ1) is 11.5. The van der Waals surface area contributed by atoms with Gasteiger partial charge >= 0.3 is 0 Å². The first-order valence-corrected chi connectivity index (χ1v) is 8.07. The minimum Gasteiger partial charge on any atom is -0.494 e. The van der Waals surface area contributed by atoms with Gasteiger partial charge in [-0.3, -0.25) is 4.79 Å². The molecule has 0 heterocycles. The molecule has 2 aromatic rings. The highest BCUT2D eigenvalue weighted by molar-refractivity contribution is 5.92. The molecule has 1 amide bonds. The van der Waals surface area contributed by atoms with E-state index in [0.717, 1.165) is 11.5 Å². The Hall–Kier alpha value is -2.53. The normalized spacial score (nSPS) is 13.0. The number of nitrogens with two attached hydrogens (primary N) is 1. The maximum atomic E-state index is 12.0. The fraction of sp³-hybridized carbons (Fsp3) is 0.316. The summed E-state index contributed by atoms with van der Waals surface area (Å²) in [7, 11) is 0. The van der Waals surface area contributed by atoms with Crippen molar-refractivity contribution in [2.24, 2.45) is 11.7 Å². The van der Waals surface area contributed by atoms with Crippen LogP contribution in [-0.2, 0) is 4.79 Å². The zero-order valence-corrected chi connectivity index (χ0v) is 14.3. The third-order valence-electron chi connectivity index (χ3n) is 3.69. The van der Waals surface area contributed by atoms with Crippen LogP contribution in [0.15, 0.2) is 48.5 Å². The topological polar surface area (TPSA) is 73.6 Å². The van der Waals surface area contributed by atoms with Crippen LogP contribution in [0.25, 0.3) is 0 Å². The largest absolute Gasteiger partial charge is 0.494 e. The van der Waals surface area contributed by atoms with Gasteiger partial charge in [0.05, 0.1) is 12.5 Å². The van der Waals surface area contributed by atoms with E-state index in [4.69, 9.17) is 15.2 Å². The van der Waals surface area contributed by atoms with Gasteiger partial charge in [0, 0.05) is 11.7 Å². The molecule has 2 rings (SSSR count). The molecule has 0 fully saturated rings. The SMILES string of the molecule is CCOc1ccc(Oc2ccc(NC(=O)C(C)C(C)N)cc2)cc1. The molecule has 2 aromatic carbocycles. The fourth-order valence-corrected chi connectivity index (χ4v) is 2.01. The van der Waals surface area contributed by atoms with Crippen molar-refractivity contribution in [1.82, 2.24) is 0 Å². The molecule has 0 aliphatic carbocycles. The van der Waals surface area contributed by atoms with E-state index < -0.39 is 0 Å². The van der Waals surface area contributed by atoms with Gasteiger partial charge < -0.3 is 20.5 Å². The number of benzene rings is 2. The standard InChI is InChI=1S/C19H24N2O3/c1-4-23-16-9-11-18(12-10-16)24-17-7-5-15(6-8-17)21-19(22)13(2)14(3)20/h5-14H,4,20H2,1-3H3,(H,21,22). The van der Waals surface area contributed by atoms with Crippen LogP contribution < -0.4 is 20.5 Å². The first kappa shape index (κ1) is 17.8. The minimum atomic E-state index is -0.246. The Morgan fingerprint density at radius 3 is 2.00 bits per heavy atom. The number of rotatable bonds is 7. The van der Waals surface area contributed by atoms with E-state index in [1.165, 1.54) is 0 Å². The van der Waals surface area contributed by atoms with Gasteiger partial charge in [-0.25, -0.2) is 0 Å². The summed E-state index contributed by atoms with van der Waals surface area (Å²) in [5, 5.41) is 2.84. The van der Waals surface area contributed by atoms with Gasteiger partial charge in [0.15, 0.2) is 0 Å². The summed E-state index contributed by atoms with van der Waals surface area (Å²) < 4.78 is 11.2. The highest BCUT2D eigenvalue weighted by Crippen LogP contribution is 2.25. The lowest BCUT2D eigenvalue weighted by Gasteiger charge is -2.15. The van der Waals surface area contributed by atoms with Crippen molar-refractivity contribution < 1.29 is 14.3 Å². The number of anilines is 1. The van der Waals surface area contributed by atoms with Crippen LogP contribution in [0.4, 0.5) is 5.69 Å². The molecule has 0 radical (unpaired) electrons. The number of hydrogen-bond acceptors (Lipinski definition) is 4. The molecule has 24 heavy (non-hydrogen) atoms. The second-order valence-electron chi connectivity index (χ2n) is 5.67. The van der Waals surface area contributed by atoms with Crippen LogP contribution in [0.2, 0.25) is 0 Å². The molecule has 0 aliphatic rings. The molecular weight excluding hydrogens is 304 g/mol. The van der Waals surface area contributed by atoms with Crippen molar-refractivity contribution in [3.63, 3.8) is 0 Å². The van der Waals surface area contributed by atoms with Gasteiger partial charge in [-0.2, -0.15) is 0 Å². The van der Waals surface area contributed by atoms with Crippen LogP contribution in [0.1, 0.15) is 20.8 Å². The number of hydrogen-bond donors (Lipinski definition) is 2. The quantitative estimate of drug-likeness (QED) is 0.811. The smallest absolute Gasteiger partial charge is 0.228 e. The molecule has 5 heteroatoms. The second kappa shape index (κ2) is 8.36. The minimum absolute atomic E-state index is 0.0924. The molecule has 0 saturated heterocycles. The Balaban J connectivity index is 1.95. The summed E-state index contributed by atoms with van der Waals surface area (Å²) in [6, 6.07) is 14.5. The van der Waals surface area contributed by atoms with Crippen LogP contribution in [0.3, 0.4) is 0 Å². The van der Waals surface area contributed by atoms with E-state index >= 15 is 0 Å². The lowest BCUT2D eigenvalue weighted by molar-refractivity contribution is -0.119. The summed E-state index contributed by atoms with van der Waals surface area (Å²) in [6.07, 6.45) is 0. The van der Waals surface area contributed by atoms with Crippen molar-refractivity contribution in [2.45, 2.75) is 26.8 Å². The predicted octanol–water partition coefficient (Wildman–Crippen LogP) is 3.80. The Bertz CT molecular complexity index is 651. The average Bonchev–Trinajstić information content (AvgIpc) is 2.57. The number of nitrogens with one attached hydrogen (secondary N) is 1. The molecule has 0 spiro atoms. The molecule has 0 aromatic heterocycles. The van der Waals surface area contributed by atoms with Gasteiger partial charge in [0.1, 0.15) is 17.2 Å². The van der Waals surface area contributed by atoms with Crippen LogP contribution in [0.5, 0.6) is 17.2 Å². The van der Waals surface area contributed by atoms with Crippen molar-refractivity contribution >= 4 is 11.6 Å². The third kappa shape index (κ3) is 4.99. The predicted molar refractivity (Wildman–Crippen MR) is 95.6 cm³/mol. The molecule has 2 atom stereocenters. The summed E-state index contributed by atoms with van der Waals surface area (Å²) in [6.45, 7) is 6.20. The average molecular weight is 328 g/mol. The summed E-state index contributed by atoms with van der Waals surface area (Å²) >= 11 is 0. The molecule has 0 aliphatic heterocycles. The molecule has 2 unspecified atom stereocenters. The zero-order valence-electron chi connectivity index (χ0n) is 14.3. The van der Waals surface area contributed by atoms with Crippen molar-refractivity contribution in [2.75, 3.05) is 11.9 Å². The molecule has 3 N–H and O–H groups in total. The van der Waals surface area contributed by atoms with Gasteiger partial charge in [-0.1, -0.05) is 6.92 Å². The number of carbonyl (C=O) groups excluding carboxylic acids is 1. The highest BCUT2D eigenvalue weighted by atomic mass is 16.5. The molecule has 128 valence electrons. The van der Waals surface area contributed by atoms with Crippen molar-refractivity contribution in [3.8, 4) is 17.2 Å². The molecule has 5 nitrogen and oxygen atoms in total. The Kier molecular flexibility index (Phi) is 6.21. The van der Waals surface area contributed by atoms with E-state index in [1.807, 2.05) is 57.2 Å². The van der Waals surface area contributed by atoms with Crippen molar-refractivity contribution in [3.05, 3.63) is 48.5 Å². The Morgan fingerprint density at radius 2 is 1.50 bits per heavy atom. The van der Waals surface area contributed by atoms with E-state index in [2.05, 4.69) is 5.32 Å². The molecule has 0 saturated carbocycles. The van der Waals surface area contributed by atoms with Crippen LogP contribution in [-0.4, -0.2) is 18.6 Å². The monoisotopic (exact) mass is 328 g/mol. The fourth-order valence-electron chi connectivity index (χ4n) is 2.01. The maximum Gasteiger partial charge on any atom is 0.228 e. The van der Waals surface area contributed by atoms with Crippen LogP contribution >= 0.6 is 0 Å². The Morgan fingerprint density at radius 1 is 1.00 bits per heavy atom. The van der Waals surface area contributed by atoms with E-state index in [-0.39, 0.29) is 17.9 Å². The van der Waals surface area contributed by atoms with Gasteiger partial charge in [0.25, 0.3) is 0 Å². The summed E-state index contributed by atoms with van der Waals surface area (Å²) in [5.74, 6) is 1.89. The summed E-state index contributed by atoms with van der Waals surface area (Å²) in [5.41, 5.74) is 6.45. The van der Waals surface area contributed by atoms with E-state index in [9.17, 15) is 4.79 Å². The number of amides is 1. The van der Waals surface area contributed by atoms with Gasteiger partial charge in [0.2, 0.25) is 5.91 Å². The highest BCUT2D eigenvalue weighted by Gasteiger charge is 2.16. The lowest BCUT2D eigenvalue weighted by atomic mass is 10.0. The van der Waals surface area contributed by atoms with Crippen molar-refractivity contribution in [1.29, 1.82) is 0 Å². The second-order valence-corrected chi connectivity index (χ2v) is 5.67. The lowest BCUT2D eigenvalue weighted by Crippen LogP contribution is -2.34. The Labute approximate surface area is 142 Å². The van der Waals surface area contributed by atoms with E-state index in [1.54, 1.807) is 12.1 Å². The van der Waals surface area contributed by atoms with E-state index in [0.29, 0.717) is 18.0 Å². The number of ether oxygens (including phenoxy) is 2. The molecule has 0 bridgehead atoms.